The summed E-state index contributed by atoms with van der Waals surface area (Å²) in [5.41, 5.74) is 3.97. The first-order valence-corrected chi connectivity index (χ1v) is 9.28. The van der Waals surface area contributed by atoms with Crippen LogP contribution >= 0.6 is 11.3 Å². The molecule has 0 bridgehead atoms. The van der Waals surface area contributed by atoms with Crippen LogP contribution in [0.5, 0.6) is 0 Å². The van der Waals surface area contributed by atoms with Gasteiger partial charge in [-0.3, -0.25) is 9.36 Å². The Labute approximate surface area is 154 Å². The van der Waals surface area contributed by atoms with Crippen LogP contribution in [0.25, 0.3) is 15.9 Å². The second-order valence-electron chi connectivity index (χ2n) is 6.47. The number of nitrogens with zero attached hydrogens (tertiary/aromatic N) is 2. The SMILES string of the molecule is Cc1ccc(-n2c(=O)c3sccc3n(Cc3cccc(C)c3)c2=O)cc1. The van der Waals surface area contributed by atoms with Crippen LogP contribution < -0.4 is 11.2 Å². The van der Waals surface area contributed by atoms with Crippen molar-refractivity contribution in [3.8, 4) is 5.69 Å². The minimum absolute atomic E-state index is 0.260. The molecule has 4 nitrogen and oxygen atoms in total. The van der Waals surface area contributed by atoms with Crippen LogP contribution in [0.15, 0.2) is 69.6 Å². The maximum atomic E-state index is 13.2. The van der Waals surface area contributed by atoms with Crippen LogP contribution in [0, 0.1) is 13.8 Å². The van der Waals surface area contributed by atoms with Gasteiger partial charge < -0.3 is 0 Å². The Morgan fingerprint density at radius 3 is 2.42 bits per heavy atom. The molecule has 0 radical (unpaired) electrons. The second-order valence-corrected chi connectivity index (χ2v) is 7.38. The fourth-order valence-electron chi connectivity index (χ4n) is 3.15. The third-order valence-electron chi connectivity index (χ3n) is 4.47. The molecule has 0 atom stereocenters. The second kappa shape index (κ2) is 6.42. The van der Waals surface area contributed by atoms with E-state index in [1.54, 1.807) is 4.57 Å². The number of thiophene rings is 1. The van der Waals surface area contributed by atoms with Crippen LogP contribution in [0.4, 0.5) is 0 Å². The molecule has 0 aliphatic rings. The molecule has 2 aromatic heterocycles. The smallest absolute Gasteiger partial charge is 0.288 e. The topological polar surface area (TPSA) is 44.0 Å². The van der Waals surface area contributed by atoms with Gasteiger partial charge in [-0.05, 0) is 43.0 Å². The van der Waals surface area contributed by atoms with Crippen LogP contribution in [-0.2, 0) is 6.54 Å². The summed E-state index contributed by atoms with van der Waals surface area (Å²) in [6.45, 7) is 4.44. The van der Waals surface area contributed by atoms with E-state index in [9.17, 15) is 9.59 Å². The van der Waals surface area contributed by atoms with Crippen molar-refractivity contribution in [3.63, 3.8) is 0 Å². The molecule has 26 heavy (non-hydrogen) atoms. The molecule has 4 rings (SSSR count). The van der Waals surface area contributed by atoms with Gasteiger partial charge in [0.1, 0.15) is 4.70 Å². The van der Waals surface area contributed by atoms with E-state index in [1.807, 2.05) is 67.8 Å². The lowest BCUT2D eigenvalue weighted by molar-refractivity contribution is 0.716. The maximum absolute atomic E-state index is 13.2. The molecule has 2 aromatic carbocycles. The number of aromatic nitrogens is 2. The molecule has 0 spiro atoms. The molecule has 0 unspecified atom stereocenters. The summed E-state index contributed by atoms with van der Waals surface area (Å²) in [4.78, 5) is 26.1. The van der Waals surface area contributed by atoms with E-state index in [-0.39, 0.29) is 11.2 Å². The summed E-state index contributed by atoms with van der Waals surface area (Å²) in [5, 5.41) is 1.86. The molecule has 2 heterocycles. The molecule has 0 fully saturated rings. The third-order valence-corrected chi connectivity index (χ3v) is 5.36. The zero-order chi connectivity index (χ0) is 18.3. The van der Waals surface area contributed by atoms with Crippen LogP contribution in [0.2, 0.25) is 0 Å². The van der Waals surface area contributed by atoms with Gasteiger partial charge in [0, 0.05) is 0 Å². The number of rotatable bonds is 3. The maximum Gasteiger partial charge on any atom is 0.336 e. The predicted molar refractivity (Wildman–Crippen MR) is 107 cm³/mol. The van der Waals surface area contributed by atoms with Crippen molar-refractivity contribution in [1.29, 1.82) is 0 Å². The zero-order valence-electron chi connectivity index (χ0n) is 14.6. The lowest BCUT2D eigenvalue weighted by atomic mass is 10.1. The zero-order valence-corrected chi connectivity index (χ0v) is 15.4. The largest absolute Gasteiger partial charge is 0.336 e. The van der Waals surface area contributed by atoms with Crippen molar-refractivity contribution in [1.82, 2.24) is 9.13 Å². The van der Waals surface area contributed by atoms with E-state index in [1.165, 1.54) is 15.9 Å². The highest BCUT2D eigenvalue weighted by Crippen LogP contribution is 2.18. The van der Waals surface area contributed by atoms with Gasteiger partial charge >= 0.3 is 5.69 Å². The minimum Gasteiger partial charge on any atom is -0.288 e. The Bertz CT molecular complexity index is 1210. The molecule has 0 saturated carbocycles. The van der Waals surface area contributed by atoms with E-state index < -0.39 is 0 Å². The van der Waals surface area contributed by atoms with E-state index in [2.05, 4.69) is 6.07 Å². The van der Waals surface area contributed by atoms with Gasteiger partial charge in [0.15, 0.2) is 0 Å². The van der Waals surface area contributed by atoms with Crippen LogP contribution in [-0.4, -0.2) is 9.13 Å². The summed E-state index contributed by atoms with van der Waals surface area (Å²) < 4.78 is 3.55. The van der Waals surface area contributed by atoms with E-state index >= 15 is 0 Å². The van der Waals surface area contributed by atoms with Crippen molar-refractivity contribution < 1.29 is 0 Å². The fraction of sp³-hybridized carbons (Fsp3) is 0.143. The summed E-state index contributed by atoms with van der Waals surface area (Å²) in [6, 6.07) is 17.4. The number of fused-ring (bicyclic) bond motifs is 1. The fourth-order valence-corrected chi connectivity index (χ4v) is 3.98. The summed E-state index contributed by atoms with van der Waals surface area (Å²) in [5.74, 6) is 0. The molecule has 0 N–H and O–H groups in total. The number of hydrogen-bond acceptors (Lipinski definition) is 3. The van der Waals surface area contributed by atoms with E-state index in [0.717, 1.165) is 16.7 Å². The van der Waals surface area contributed by atoms with Crippen molar-refractivity contribution in [2.75, 3.05) is 0 Å². The Morgan fingerprint density at radius 2 is 1.69 bits per heavy atom. The summed E-state index contributed by atoms with van der Waals surface area (Å²) in [7, 11) is 0. The van der Waals surface area contributed by atoms with Gasteiger partial charge in [-0.2, -0.15) is 0 Å². The Balaban J connectivity index is 1.98. The first kappa shape index (κ1) is 16.5. The monoisotopic (exact) mass is 362 g/mol. The minimum atomic E-state index is -0.314. The Morgan fingerprint density at radius 1 is 0.923 bits per heavy atom. The van der Waals surface area contributed by atoms with Crippen LogP contribution in [0.3, 0.4) is 0 Å². The molecular formula is C21H18N2O2S. The van der Waals surface area contributed by atoms with Crippen LogP contribution in [0.1, 0.15) is 16.7 Å². The average Bonchev–Trinajstić information content (AvgIpc) is 3.10. The number of benzene rings is 2. The highest BCUT2D eigenvalue weighted by atomic mass is 32.1. The highest BCUT2D eigenvalue weighted by molar-refractivity contribution is 7.17. The first-order valence-electron chi connectivity index (χ1n) is 8.40. The average molecular weight is 362 g/mol. The van der Waals surface area contributed by atoms with E-state index in [0.29, 0.717) is 22.4 Å². The van der Waals surface area contributed by atoms with Gasteiger partial charge in [-0.1, -0.05) is 47.5 Å². The molecule has 0 aliphatic carbocycles. The molecule has 0 saturated heterocycles. The number of hydrogen-bond donors (Lipinski definition) is 0. The Hall–Kier alpha value is -2.92. The van der Waals surface area contributed by atoms with Gasteiger partial charge in [0.05, 0.1) is 17.7 Å². The Kier molecular flexibility index (Phi) is 4.09. The van der Waals surface area contributed by atoms with Crippen molar-refractivity contribution in [3.05, 3.63) is 97.5 Å². The number of aryl methyl sites for hydroxylation is 2. The quantitative estimate of drug-likeness (QED) is 0.555. The standard InChI is InChI=1S/C21H18N2O2S/c1-14-6-8-17(9-7-14)23-20(24)19-18(10-11-26-19)22(21(23)25)13-16-5-3-4-15(2)12-16/h3-12H,13H2,1-2H3. The van der Waals surface area contributed by atoms with Gasteiger partial charge in [-0.15, -0.1) is 11.3 Å². The van der Waals surface area contributed by atoms with Crippen molar-refractivity contribution in [2.45, 2.75) is 20.4 Å². The van der Waals surface area contributed by atoms with Gasteiger partial charge in [0.2, 0.25) is 0 Å². The van der Waals surface area contributed by atoms with Crippen molar-refractivity contribution in [2.24, 2.45) is 0 Å². The molecule has 5 heteroatoms. The normalized spacial score (nSPS) is 11.2. The molecule has 4 aromatic rings. The molecule has 0 amide bonds. The lowest BCUT2D eigenvalue weighted by Crippen LogP contribution is -2.38. The van der Waals surface area contributed by atoms with Crippen molar-refractivity contribution >= 4 is 21.6 Å². The molecule has 130 valence electrons. The highest BCUT2D eigenvalue weighted by Gasteiger charge is 2.15. The summed E-state index contributed by atoms with van der Waals surface area (Å²) >= 11 is 1.37. The first-order chi connectivity index (χ1) is 12.5. The summed E-state index contributed by atoms with van der Waals surface area (Å²) in [6.07, 6.45) is 0. The lowest BCUT2D eigenvalue weighted by Gasteiger charge is -2.13. The third kappa shape index (κ3) is 2.80. The predicted octanol–water partition coefficient (Wildman–Crippen LogP) is 3.88. The van der Waals surface area contributed by atoms with Gasteiger partial charge in [0.25, 0.3) is 5.56 Å². The van der Waals surface area contributed by atoms with E-state index in [4.69, 9.17) is 0 Å². The molecule has 0 aliphatic heterocycles. The molecular weight excluding hydrogens is 344 g/mol. The van der Waals surface area contributed by atoms with Gasteiger partial charge in [-0.25, -0.2) is 9.36 Å².